The highest BCUT2D eigenvalue weighted by Gasteiger charge is 2.17. The molecule has 0 aromatic rings. The van der Waals surface area contributed by atoms with Crippen LogP contribution in [0.25, 0.3) is 0 Å². The maximum absolute atomic E-state index is 12.4. The lowest BCUT2D eigenvalue weighted by atomic mass is 10.0. The summed E-state index contributed by atoms with van der Waals surface area (Å²) in [5.74, 6) is -0.0795. The minimum atomic E-state index is -0.867. The standard InChI is InChI=1S/C55H103NO3/c1-3-5-7-9-11-13-15-17-19-21-23-25-27-29-30-32-34-36-38-40-42-44-46-48-50-54(58)53(52-57)56-55(59)51-49-47-45-43-41-39-37-35-33-31-28-26-24-22-20-18-16-14-12-10-8-6-4-2/h24,26,31,33,40,42,48,50,53-54,57-58H,3-23,25,27-30,32,34-39,41,43-47,49,51-52H2,1-2H3,(H,56,59)/b26-24-,33-31-,42-40+,50-48+. The maximum atomic E-state index is 12.4. The van der Waals surface area contributed by atoms with Crippen molar-refractivity contribution in [2.75, 3.05) is 6.61 Å². The fourth-order valence-corrected chi connectivity index (χ4v) is 7.99. The van der Waals surface area contributed by atoms with Gasteiger partial charge in [0.25, 0.3) is 0 Å². The van der Waals surface area contributed by atoms with Crippen LogP contribution in [0.3, 0.4) is 0 Å². The van der Waals surface area contributed by atoms with Gasteiger partial charge in [-0.1, -0.05) is 255 Å². The second-order valence-corrected chi connectivity index (χ2v) is 17.9. The van der Waals surface area contributed by atoms with Crippen LogP contribution in [0.1, 0.15) is 277 Å². The maximum Gasteiger partial charge on any atom is 0.220 e. The molecule has 2 unspecified atom stereocenters. The van der Waals surface area contributed by atoms with Crippen LogP contribution in [-0.4, -0.2) is 34.9 Å². The zero-order valence-electron chi connectivity index (χ0n) is 39.8. The Kier molecular flexibility index (Phi) is 49.3. The number of nitrogens with one attached hydrogen (secondary N) is 1. The molecule has 0 saturated heterocycles. The minimum Gasteiger partial charge on any atom is -0.394 e. The zero-order chi connectivity index (χ0) is 42.8. The van der Waals surface area contributed by atoms with Gasteiger partial charge in [-0.2, -0.15) is 0 Å². The van der Waals surface area contributed by atoms with Crippen LogP contribution in [0.4, 0.5) is 0 Å². The average Bonchev–Trinajstić information content (AvgIpc) is 3.24. The van der Waals surface area contributed by atoms with Gasteiger partial charge in [0.15, 0.2) is 0 Å². The Labute approximate surface area is 369 Å². The Balaban J connectivity index is 3.58. The monoisotopic (exact) mass is 826 g/mol. The lowest BCUT2D eigenvalue weighted by Gasteiger charge is -2.19. The molecule has 0 saturated carbocycles. The van der Waals surface area contributed by atoms with Gasteiger partial charge in [0.1, 0.15) is 0 Å². The number of aliphatic hydroxyl groups excluding tert-OH is 2. The van der Waals surface area contributed by atoms with E-state index in [0.29, 0.717) is 6.42 Å². The van der Waals surface area contributed by atoms with E-state index in [1.807, 2.05) is 6.08 Å². The number of carbonyl (C=O) groups is 1. The molecule has 346 valence electrons. The third-order valence-electron chi connectivity index (χ3n) is 12.0. The first kappa shape index (κ1) is 57.3. The average molecular weight is 826 g/mol. The van der Waals surface area contributed by atoms with Crippen LogP contribution in [-0.2, 0) is 4.79 Å². The number of allylic oxidation sites excluding steroid dienone is 7. The smallest absolute Gasteiger partial charge is 0.220 e. The molecule has 0 aromatic heterocycles. The van der Waals surface area contributed by atoms with E-state index in [9.17, 15) is 15.0 Å². The van der Waals surface area contributed by atoms with Crippen molar-refractivity contribution >= 4 is 5.91 Å². The predicted molar refractivity (Wildman–Crippen MR) is 262 cm³/mol. The lowest BCUT2D eigenvalue weighted by molar-refractivity contribution is -0.123. The molecule has 0 aliphatic rings. The summed E-state index contributed by atoms with van der Waals surface area (Å²) in [4.78, 5) is 12.4. The Bertz CT molecular complexity index is 939. The van der Waals surface area contributed by atoms with Crippen molar-refractivity contribution in [2.24, 2.45) is 0 Å². The van der Waals surface area contributed by atoms with E-state index in [2.05, 4.69) is 55.6 Å². The highest BCUT2D eigenvalue weighted by Crippen LogP contribution is 2.16. The molecule has 0 spiro atoms. The van der Waals surface area contributed by atoms with Gasteiger partial charge < -0.3 is 15.5 Å². The van der Waals surface area contributed by atoms with Gasteiger partial charge in [-0.25, -0.2) is 0 Å². The number of hydrogen-bond donors (Lipinski definition) is 3. The molecule has 0 radical (unpaired) electrons. The molecule has 1 amide bonds. The quantitative estimate of drug-likeness (QED) is 0.0423. The summed E-state index contributed by atoms with van der Waals surface area (Å²) in [5, 5.41) is 23.1. The molecule has 4 nitrogen and oxygen atoms in total. The molecule has 0 aliphatic carbocycles. The second-order valence-electron chi connectivity index (χ2n) is 17.9. The molecule has 59 heavy (non-hydrogen) atoms. The normalized spacial score (nSPS) is 13.2. The van der Waals surface area contributed by atoms with E-state index in [-0.39, 0.29) is 12.5 Å². The van der Waals surface area contributed by atoms with Gasteiger partial charge in [-0.3, -0.25) is 4.79 Å². The summed E-state index contributed by atoms with van der Waals surface area (Å²) in [5.41, 5.74) is 0. The molecule has 3 N–H and O–H groups in total. The molecule has 4 heteroatoms. The number of carbonyl (C=O) groups excluding carboxylic acids is 1. The van der Waals surface area contributed by atoms with Crippen LogP contribution in [0.15, 0.2) is 48.6 Å². The van der Waals surface area contributed by atoms with Crippen molar-refractivity contribution in [3.63, 3.8) is 0 Å². The van der Waals surface area contributed by atoms with Crippen molar-refractivity contribution in [1.82, 2.24) is 5.32 Å². The highest BCUT2D eigenvalue weighted by molar-refractivity contribution is 5.76. The number of rotatable bonds is 48. The Hall–Kier alpha value is -1.65. The molecule has 0 aliphatic heterocycles. The van der Waals surface area contributed by atoms with Gasteiger partial charge in [0, 0.05) is 6.42 Å². The largest absolute Gasteiger partial charge is 0.394 e. The summed E-state index contributed by atoms with van der Waals surface area (Å²) in [6, 6.07) is -0.645. The lowest BCUT2D eigenvalue weighted by Crippen LogP contribution is -2.45. The fraction of sp³-hybridized carbons (Fsp3) is 0.836. The molecule has 0 heterocycles. The van der Waals surface area contributed by atoms with E-state index >= 15 is 0 Å². The Morgan fingerprint density at radius 3 is 1.08 bits per heavy atom. The van der Waals surface area contributed by atoms with Crippen molar-refractivity contribution in [1.29, 1.82) is 0 Å². The van der Waals surface area contributed by atoms with Gasteiger partial charge >= 0.3 is 0 Å². The van der Waals surface area contributed by atoms with E-state index in [1.165, 1.54) is 212 Å². The summed E-state index contributed by atoms with van der Waals surface area (Å²) >= 11 is 0. The predicted octanol–water partition coefficient (Wildman–Crippen LogP) is 17.1. The van der Waals surface area contributed by atoms with Crippen molar-refractivity contribution in [3.8, 4) is 0 Å². The summed E-state index contributed by atoms with van der Waals surface area (Å²) in [6.07, 6.45) is 69.7. The third-order valence-corrected chi connectivity index (χ3v) is 12.0. The number of unbranched alkanes of at least 4 members (excludes halogenated alkanes) is 35. The summed E-state index contributed by atoms with van der Waals surface area (Å²) in [7, 11) is 0. The van der Waals surface area contributed by atoms with Gasteiger partial charge in [-0.05, 0) is 64.2 Å². The topological polar surface area (TPSA) is 69.6 Å². The first-order chi connectivity index (χ1) is 29.2. The first-order valence-corrected chi connectivity index (χ1v) is 26.4. The second kappa shape index (κ2) is 50.7. The molecule has 0 fully saturated rings. The molecule has 0 aromatic carbocycles. The van der Waals surface area contributed by atoms with Crippen LogP contribution < -0.4 is 5.32 Å². The first-order valence-electron chi connectivity index (χ1n) is 26.4. The van der Waals surface area contributed by atoms with E-state index < -0.39 is 12.1 Å². The highest BCUT2D eigenvalue weighted by atomic mass is 16.3. The van der Waals surface area contributed by atoms with Crippen LogP contribution in [0, 0.1) is 0 Å². The molecular weight excluding hydrogens is 723 g/mol. The van der Waals surface area contributed by atoms with Gasteiger partial charge in [0.05, 0.1) is 18.8 Å². The third kappa shape index (κ3) is 47.3. The fourth-order valence-electron chi connectivity index (χ4n) is 7.99. The molecular formula is C55H103NO3. The number of aliphatic hydroxyl groups is 2. The summed E-state index contributed by atoms with van der Waals surface area (Å²) < 4.78 is 0. The van der Waals surface area contributed by atoms with Crippen molar-refractivity contribution < 1.29 is 15.0 Å². The van der Waals surface area contributed by atoms with Crippen LogP contribution >= 0.6 is 0 Å². The van der Waals surface area contributed by atoms with Gasteiger partial charge in [0.2, 0.25) is 5.91 Å². The van der Waals surface area contributed by atoms with Gasteiger partial charge in [-0.15, -0.1) is 0 Å². The molecule has 0 bridgehead atoms. The van der Waals surface area contributed by atoms with E-state index in [4.69, 9.17) is 0 Å². The van der Waals surface area contributed by atoms with Crippen LogP contribution in [0.2, 0.25) is 0 Å². The summed E-state index contributed by atoms with van der Waals surface area (Å²) in [6.45, 7) is 4.32. The Morgan fingerprint density at radius 2 is 0.712 bits per heavy atom. The number of amides is 1. The molecule has 2 atom stereocenters. The SMILES string of the molecule is CCCCCCCCCCC/C=C\C/C=C\CCCCCCCCCC(=O)NC(CO)C(O)/C=C/CC/C=C/CCCCCCCCCCCCCCCCCCCC. The molecule has 0 rings (SSSR count). The minimum absolute atomic E-state index is 0.0795. The van der Waals surface area contributed by atoms with E-state index in [1.54, 1.807) is 6.08 Å². The van der Waals surface area contributed by atoms with Crippen molar-refractivity contribution in [2.45, 2.75) is 289 Å². The van der Waals surface area contributed by atoms with Crippen molar-refractivity contribution in [3.05, 3.63) is 48.6 Å². The van der Waals surface area contributed by atoms with E-state index in [0.717, 1.165) is 44.9 Å². The van der Waals surface area contributed by atoms with Crippen LogP contribution in [0.5, 0.6) is 0 Å². The number of hydrogen-bond acceptors (Lipinski definition) is 3. The Morgan fingerprint density at radius 1 is 0.407 bits per heavy atom. The zero-order valence-corrected chi connectivity index (χ0v) is 39.8.